The Bertz CT molecular complexity index is 992. The Morgan fingerprint density at radius 2 is 1.92 bits per heavy atom. The van der Waals surface area contributed by atoms with Gasteiger partial charge in [-0.15, -0.1) is 5.10 Å². The lowest BCUT2D eigenvalue weighted by molar-refractivity contribution is -0.117. The molecule has 1 saturated heterocycles. The van der Waals surface area contributed by atoms with E-state index in [2.05, 4.69) is 10.3 Å². The molecule has 2 heterocycles. The van der Waals surface area contributed by atoms with E-state index in [1.54, 1.807) is 4.90 Å². The first-order chi connectivity index (χ1) is 12.0. The van der Waals surface area contributed by atoms with Crippen LogP contribution in [-0.2, 0) is 4.79 Å². The third-order valence-corrected chi connectivity index (χ3v) is 4.84. The van der Waals surface area contributed by atoms with Crippen molar-refractivity contribution in [2.45, 2.75) is 20.3 Å². The van der Waals surface area contributed by atoms with Crippen molar-refractivity contribution in [1.29, 1.82) is 0 Å². The van der Waals surface area contributed by atoms with Gasteiger partial charge in [-0.1, -0.05) is 23.4 Å². The first-order valence-corrected chi connectivity index (χ1v) is 8.27. The summed E-state index contributed by atoms with van der Waals surface area (Å²) in [6.45, 7) is 4.42. The van der Waals surface area contributed by atoms with Gasteiger partial charge in [-0.25, -0.2) is 0 Å². The standard InChI is InChI=1S/C19H18N4O2/c1-12-7-8-15(9-13(12)2)22-11-14(10-18(22)24)19(25)23-17-6-4-3-5-16(17)20-21-23/h3-9,14H,10-11H2,1-2H3. The third kappa shape index (κ3) is 2.59. The van der Waals surface area contributed by atoms with Crippen molar-refractivity contribution >= 4 is 28.5 Å². The van der Waals surface area contributed by atoms with Crippen LogP contribution in [0, 0.1) is 19.8 Å². The molecule has 6 nitrogen and oxygen atoms in total. The fourth-order valence-corrected chi connectivity index (χ4v) is 3.22. The van der Waals surface area contributed by atoms with Crippen LogP contribution in [0.15, 0.2) is 42.5 Å². The Balaban J connectivity index is 1.61. The van der Waals surface area contributed by atoms with Crippen molar-refractivity contribution in [2.24, 2.45) is 5.92 Å². The van der Waals surface area contributed by atoms with Crippen molar-refractivity contribution in [3.05, 3.63) is 53.6 Å². The number of para-hydroxylation sites is 1. The van der Waals surface area contributed by atoms with Gasteiger partial charge in [-0.2, -0.15) is 4.68 Å². The molecule has 0 N–H and O–H groups in total. The minimum atomic E-state index is -0.417. The molecule has 1 aromatic heterocycles. The van der Waals surface area contributed by atoms with Crippen LogP contribution in [0.25, 0.3) is 11.0 Å². The predicted octanol–water partition coefficient (Wildman–Crippen LogP) is 2.74. The van der Waals surface area contributed by atoms with E-state index in [1.165, 1.54) is 10.2 Å². The van der Waals surface area contributed by atoms with Gasteiger partial charge in [0.2, 0.25) is 5.91 Å². The number of anilines is 1. The van der Waals surface area contributed by atoms with Crippen LogP contribution in [0.2, 0.25) is 0 Å². The van der Waals surface area contributed by atoms with Gasteiger partial charge in [0.05, 0.1) is 11.4 Å². The molecule has 1 unspecified atom stereocenters. The van der Waals surface area contributed by atoms with Crippen LogP contribution in [-0.4, -0.2) is 33.4 Å². The number of aryl methyl sites for hydroxylation is 2. The summed E-state index contributed by atoms with van der Waals surface area (Å²) in [5.74, 6) is -0.640. The second-order valence-electron chi connectivity index (χ2n) is 6.50. The Kier molecular flexibility index (Phi) is 3.60. The molecule has 1 amide bonds. The molecule has 4 rings (SSSR count). The fraction of sp³-hybridized carbons (Fsp3) is 0.263. The number of amides is 1. The van der Waals surface area contributed by atoms with E-state index in [1.807, 2.05) is 56.3 Å². The highest BCUT2D eigenvalue weighted by atomic mass is 16.2. The molecule has 1 atom stereocenters. The molecule has 6 heteroatoms. The van der Waals surface area contributed by atoms with Crippen LogP contribution in [0.1, 0.15) is 22.3 Å². The summed E-state index contributed by atoms with van der Waals surface area (Å²) in [7, 11) is 0. The van der Waals surface area contributed by atoms with Crippen LogP contribution < -0.4 is 4.90 Å². The molecular weight excluding hydrogens is 316 g/mol. The zero-order valence-corrected chi connectivity index (χ0v) is 14.1. The van der Waals surface area contributed by atoms with Gasteiger partial charge in [0.1, 0.15) is 5.52 Å². The molecule has 1 aliphatic rings. The number of rotatable bonds is 2. The number of benzene rings is 2. The first-order valence-electron chi connectivity index (χ1n) is 8.27. The van der Waals surface area contributed by atoms with Crippen molar-refractivity contribution in [3.63, 3.8) is 0 Å². The highest BCUT2D eigenvalue weighted by molar-refractivity contribution is 6.02. The number of carbonyl (C=O) groups is 2. The molecule has 1 fully saturated rings. The number of carbonyl (C=O) groups excluding carboxylic acids is 2. The van der Waals surface area contributed by atoms with E-state index in [9.17, 15) is 9.59 Å². The first kappa shape index (κ1) is 15.5. The lowest BCUT2D eigenvalue weighted by Gasteiger charge is -2.17. The molecule has 0 aliphatic carbocycles. The second-order valence-corrected chi connectivity index (χ2v) is 6.50. The zero-order valence-electron chi connectivity index (χ0n) is 14.1. The molecular formula is C19H18N4O2. The molecule has 3 aromatic rings. The molecule has 0 spiro atoms. The number of hydrogen-bond donors (Lipinski definition) is 0. The van der Waals surface area contributed by atoms with Crippen LogP contribution in [0.4, 0.5) is 5.69 Å². The quantitative estimate of drug-likeness (QED) is 0.723. The topological polar surface area (TPSA) is 68.1 Å². The second kappa shape index (κ2) is 5.81. The zero-order chi connectivity index (χ0) is 17.6. The Labute approximate surface area is 145 Å². The Morgan fingerprint density at radius 1 is 1.12 bits per heavy atom. The van der Waals surface area contributed by atoms with Gasteiger partial charge in [0.25, 0.3) is 5.91 Å². The lowest BCUT2D eigenvalue weighted by atomic mass is 10.1. The monoisotopic (exact) mass is 334 g/mol. The average Bonchev–Trinajstić information content (AvgIpc) is 3.20. The highest BCUT2D eigenvalue weighted by Gasteiger charge is 2.36. The van der Waals surface area contributed by atoms with Crippen molar-refractivity contribution < 1.29 is 9.59 Å². The lowest BCUT2D eigenvalue weighted by Crippen LogP contribution is -2.28. The number of hydrogen-bond acceptors (Lipinski definition) is 4. The maximum absolute atomic E-state index is 12.8. The Hall–Kier alpha value is -3.02. The highest BCUT2D eigenvalue weighted by Crippen LogP contribution is 2.28. The molecule has 126 valence electrons. The molecule has 25 heavy (non-hydrogen) atoms. The summed E-state index contributed by atoms with van der Waals surface area (Å²) < 4.78 is 1.32. The predicted molar refractivity (Wildman–Crippen MR) is 94.5 cm³/mol. The van der Waals surface area contributed by atoms with E-state index in [0.717, 1.165) is 11.3 Å². The normalized spacial score (nSPS) is 17.4. The summed E-state index contributed by atoms with van der Waals surface area (Å²) in [6, 6.07) is 13.2. The molecule has 0 bridgehead atoms. The van der Waals surface area contributed by atoms with Crippen LogP contribution in [0.3, 0.4) is 0 Å². The number of fused-ring (bicyclic) bond motifs is 1. The van der Waals surface area contributed by atoms with Gasteiger partial charge in [-0.05, 0) is 49.2 Å². The maximum atomic E-state index is 12.8. The van der Waals surface area contributed by atoms with E-state index in [4.69, 9.17) is 0 Å². The molecule has 0 saturated carbocycles. The van der Waals surface area contributed by atoms with Crippen LogP contribution in [0.5, 0.6) is 0 Å². The average molecular weight is 334 g/mol. The van der Waals surface area contributed by atoms with E-state index in [0.29, 0.717) is 17.6 Å². The molecule has 1 aliphatic heterocycles. The smallest absolute Gasteiger partial charge is 0.254 e. The summed E-state index contributed by atoms with van der Waals surface area (Å²) in [6.07, 6.45) is 0.194. The minimum absolute atomic E-state index is 0.0361. The number of nitrogens with zero attached hydrogens (tertiary/aromatic N) is 4. The van der Waals surface area contributed by atoms with Gasteiger partial charge in [0, 0.05) is 18.7 Å². The summed E-state index contributed by atoms with van der Waals surface area (Å²) >= 11 is 0. The summed E-state index contributed by atoms with van der Waals surface area (Å²) in [5.41, 5.74) is 4.49. The summed E-state index contributed by atoms with van der Waals surface area (Å²) in [5, 5.41) is 8.00. The molecule has 0 radical (unpaired) electrons. The number of aromatic nitrogens is 3. The Morgan fingerprint density at radius 3 is 2.72 bits per heavy atom. The largest absolute Gasteiger partial charge is 0.312 e. The van der Waals surface area contributed by atoms with Crippen molar-refractivity contribution in [3.8, 4) is 0 Å². The van der Waals surface area contributed by atoms with Crippen molar-refractivity contribution in [2.75, 3.05) is 11.4 Å². The van der Waals surface area contributed by atoms with Gasteiger partial charge >= 0.3 is 0 Å². The van der Waals surface area contributed by atoms with Gasteiger partial charge in [-0.3, -0.25) is 9.59 Å². The van der Waals surface area contributed by atoms with E-state index >= 15 is 0 Å². The third-order valence-electron chi connectivity index (χ3n) is 4.84. The summed E-state index contributed by atoms with van der Waals surface area (Å²) in [4.78, 5) is 27.0. The van der Waals surface area contributed by atoms with E-state index < -0.39 is 5.92 Å². The fourth-order valence-electron chi connectivity index (χ4n) is 3.22. The van der Waals surface area contributed by atoms with Gasteiger partial charge in [0.15, 0.2) is 0 Å². The molecule has 2 aromatic carbocycles. The maximum Gasteiger partial charge on any atom is 0.254 e. The minimum Gasteiger partial charge on any atom is -0.312 e. The van der Waals surface area contributed by atoms with Crippen LogP contribution >= 0.6 is 0 Å². The van der Waals surface area contributed by atoms with Gasteiger partial charge < -0.3 is 4.90 Å². The van der Waals surface area contributed by atoms with E-state index in [-0.39, 0.29) is 18.2 Å². The van der Waals surface area contributed by atoms with Crippen molar-refractivity contribution in [1.82, 2.24) is 15.0 Å². The SMILES string of the molecule is Cc1ccc(N2CC(C(=O)n3nnc4ccccc43)CC2=O)cc1C.